The highest BCUT2D eigenvalue weighted by Gasteiger charge is 2.13. The highest BCUT2D eigenvalue weighted by Crippen LogP contribution is 2.11. The minimum atomic E-state index is -1.08. The van der Waals surface area contributed by atoms with Crippen LogP contribution >= 0.6 is 0 Å². The van der Waals surface area contributed by atoms with Gasteiger partial charge < -0.3 is 14.7 Å². The van der Waals surface area contributed by atoms with E-state index in [-0.39, 0.29) is 23.8 Å². The zero-order valence-electron chi connectivity index (χ0n) is 11.8. The first kappa shape index (κ1) is 15.9. The zero-order valence-corrected chi connectivity index (χ0v) is 11.8. The SMILES string of the molecule is CCCN(CCC)C(=O)COc1cncc(C(=O)O)c1. The van der Waals surface area contributed by atoms with Gasteiger partial charge in [0.05, 0.1) is 11.8 Å². The number of hydrogen-bond donors (Lipinski definition) is 1. The van der Waals surface area contributed by atoms with E-state index in [1.54, 1.807) is 4.90 Å². The summed E-state index contributed by atoms with van der Waals surface area (Å²) >= 11 is 0. The molecular formula is C14H20N2O4. The summed E-state index contributed by atoms with van der Waals surface area (Å²) in [6.45, 7) is 5.31. The summed E-state index contributed by atoms with van der Waals surface area (Å²) in [4.78, 5) is 28.3. The lowest BCUT2D eigenvalue weighted by molar-refractivity contribution is -0.133. The molecule has 6 nitrogen and oxygen atoms in total. The Morgan fingerprint density at radius 2 is 1.90 bits per heavy atom. The molecular weight excluding hydrogens is 260 g/mol. The molecule has 0 spiro atoms. The van der Waals surface area contributed by atoms with Crippen LogP contribution < -0.4 is 4.74 Å². The number of carboxylic acids is 1. The Labute approximate surface area is 118 Å². The molecule has 1 N–H and O–H groups in total. The van der Waals surface area contributed by atoms with Crippen LogP contribution in [0.5, 0.6) is 5.75 Å². The smallest absolute Gasteiger partial charge is 0.337 e. The quantitative estimate of drug-likeness (QED) is 0.785. The van der Waals surface area contributed by atoms with E-state index in [4.69, 9.17) is 9.84 Å². The van der Waals surface area contributed by atoms with Gasteiger partial charge in [0.15, 0.2) is 6.61 Å². The topological polar surface area (TPSA) is 79.7 Å². The lowest BCUT2D eigenvalue weighted by Gasteiger charge is -2.21. The van der Waals surface area contributed by atoms with Crippen molar-refractivity contribution in [1.82, 2.24) is 9.88 Å². The number of carbonyl (C=O) groups is 2. The molecule has 0 bridgehead atoms. The average molecular weight is 280 g/mol. The number of pyridine rings is 1. The van der Waals surface area contributed by atoms with Crippen molar-refractivity contribution in [3.63, 3.8) is 0 Å². The monoisotopic (exact) mass is 280 g/mol. The fourth-order valence-electron chi connectivity index (χ4n) is 1.75. The van der Waals surface area contributed by atoms with E-state index in [0.29, 0.717) is 13.1 Å². The first-order chi connectivity index (χ1) is 9.58. The van der Waals surface area contributed by atoms with E-state index >= 15 is 0 Å². The minimum Gasteiger partial charge on any atom is -0.482 e. The molecule has 0 atom stereocenters. The van der Waals surface area contributed by atoms with Gasteiger partial charge >= 0.3 is 5.97 Å². The minimum absolute atomic E-state index is 0.0360. The van der Waals surface area contributed by atoms with Crippen molar-refractivity contribution >= 4 is 11.9 Å². The molecule has 1 aromatic rings. The van der Waals surface area contributed by atoms with Gasteiger partial charge in [0.1, 0.15) is 5.75 Å². The van der Waals surface area contributed by atoms with Crippen LogP contribution in [0.25, 0.3) is 0 Å². The normalized spacial score (nSPS) is 10.1. The van der Waals surface area contributed by atoms with Gasteiger partial charge in [-0.05, 0) is 18.9 Å². The number of carboxylic acid groups (broad SMARTS) is 1. The van der Waals surface area contributed by atoms with Gasteiger partial charge in [-0.3, -0.25) is 9.78 Å². The van der Waals surface area contributed by atoms with Crippen molar-refractivity contribution < 1.29 is 19.4 Å². The van der Waals surface area contributed by atoms with Gasteiger partial charge in [0.2, 0.25) is 0 Å². The molecule has 0 radical (unpaired) electrons. The second kappa shape index (κ2) is 8.14. The number of ether oxygens (including phenoxy) is 1. The molecule has 1 amide bonds. The fraction of sp³-hybridized carbons (Fsp3) is 0.500. The summed E-state index contributed by atoms with van der Waals surface area (Å²) in [5, 5.41) is 8.84. The summed E-state index contributed by atoms with van der Waals surface area (Å²) in [6, 6.07) is 1.35. The second-order valence-electron chi connectivity index (χ2n) is 4.38. The van der Waals surface area contributed by atoms with Crippen LogP contribution in [-0.4, -0.2) is 46.6 Å². The van der Waals surface area contributed by atoms with Crippen molar-refractivity contribution in [1.29, 1.82) is 0 Å². The summed E-state index contributed by atoms with van der Waals surface area (Å²) in [6.07, 6.45) is 4.41. The molecule has 20 heavy (non-hydrogen) atoms. The van der Waals surface area contributed by atoms with Gasteiger partial charge in [-0.1, -0.05) is 13.8 Å². The number of aromatic carboxylic acids is 1. The van der Waals surface area contributed by atoms with Crippen LogP contribution in [0.15, 0.2) is 18.5 Å². The molecule has 0 aliphatic rings. The van der Waals surface area contributed by atoms with Crippen molar-refractivity contribution in [2.45, 2.75) is 26.7 Å². The van der Waals surface area contributed by atoms with Gasteiger partial charge in [-0.2, -0.15) is 0 Å². The molecule has 0 saturated carbocycles. The first-order valence-electron chi connectivity index (χ1n) is 6.67. The molecule has 1 aromatic heterocycles. The third kappa shape index (κ3) is 4.87. The van der Waals surface area contributed by atoms with E-state index < -0.39 is 5.97 Å². The molecule has 0 aromatic carbocycles. The maximum atomic E-state index is 12.0. The van der Waals surface area contributed by atoms with Gasteiger partial charge in [0, 0.05) is 19.3 Å². The second-order valence-corrected chi connectivity index (χ2v) is 4.38. The zero-order chi connectivity index (χ0) is 15.0. The standard InChI is InChI=1S/C14H20N2O4/c1-3-5-16(6-4-2)13(17)10-20-12-7-11(14(18)19)8-15-9-12/h7-9H,3-6,10H2,1-2H3,(H,18,19). The van der Waals surface area contributed by atoms with Crippen LogP contribution in [0.4, 0.5) is 0 Å². The number of carbonyl (C=O) groups excluding carboxylic acids is 1. The van der Waals surface area contributed by atoms with Crippen LogP contribution in [0.2, 0.25) is 0 Å². The maximum absolute atomic E-state index is 12.0. The van der Waals surface area contributed by atoms with Crippen LogP contribution in [0.3, 0.4) is 0 Å². The van der Waals surface area contributed by atoms with Crippen LogP contribution in [0.1, 0.15) is 37.0 Å². The summed E-state index contributed by atoms with van der Waals surface area (Å²) in [7, 11) is 0. The maximum Gasteiger partial charge on any atom is 0.337 e. The summed E-state index contributed by atoms with van der Waals surface area (Å²) < 4.78 is 5.32. The van der Waals surface area contributed by atoms with E-state index in [9.17, 15) is 9.59 Å². The van der Waals surface area contributed by atoms with Gasteiger partial charge in [-0.15, -0.1) is 0 Å². The Hall–Kier alpha value is -2.11. The summed E-state index contributed by atoms with van der Waals surface area (Å²) in [5.74, 6) is -0.895. The Morgan fingerprint density at radius 1 is 1.25 bits per heavy atom. The number of hydrogen-bond acceptors (Lipinski definition) is 4. The highest BCUT2D eigenvalue weighted by molar-refractivity contribution is 5.87. The molecule has 110 valence electrons. The average Bonchev–Trinajstić information content (AvgIpc) is 2.45. The van der Waals surface area contributed by atoms with E-state index in [1.165, 1.54) is 18.5 Å². The van der Waals surface area contributed by atoms with Crippen molar-refractivity contribution in [3.8, 4) is 5.75 Å². The number of rotatable bonds is 8. The molecule has 1 rings (SSSR count). The number of aromatic nitrogens is 1. The Kier molecular flexibility index (Phi) is 6.49. The third-order valence-electron chi connectivity index (χ3n) is 2.66. The Bertz CT molecular complexity index is 456. The van der Waals surface area contributed by atoms with Crippen LogP contribution in [0, 0.1) is 0 Å². The van der Waals surface area contributed by atoms with Crippen molar-refractivity contribution in [3.05, 3.63) is 24.0 Å². The highest BCUT2D eigenvalue weighted by atomic mass is 16.5. The molecule has 0 fully saturated rings. The molecule has 0 unspecified atom stereocenters. The number of amides is 1. The lowest BCUT2D eigenvalue weighted by Crippen LogP contribution is -2.36. The molecule has 0 aliphatic heterocycles. The Morgan fingerprint density at radius 3 is 2.45 bits per heavy atom. The third-order valence-corrected chi connectivity index (χ3v) is 2.66. The first-order valence-corrected chi connectivity index (χ1v) is 6.67. The molecule has 1 heterocycles. The molecule has 0 saturated heterocycles. The van der Waals surface area contributed by atoms with Gasteiger partial charge in [0.25, 0.3) is 5.91 Å². The molecule has 6 heteroatoms. The van der Waals surface area contributed by atoms with Gasteiger partial charge in [-0.25, -0.2) is 4.79 Å². The van der Waals surface area contributed by atoms with E-state index in [1.807, 2.05) is 13.8 Å². The number of nitrogens with zero attached hydrogens (tertiary/aromatic N) is 2. The largest absolute Gasteiger partial charge is 0.482 e. The molecule has 0 aliphatic carbocycles. The van der Waals surface area contributed by atoms with Crippen molar-refractivity contribution in [2.24, 2.45) is 0 Å². The summed E-state index contributed by atoms with van der Waals surface area (Å²) in [5.41, 5.74) is 0.0360. The fourth-order valence-corrected chi connectivity index (χ4v) is 1.75. The van der Waals surface area contributed by atoms with Crippen LogP contribution in [-0.2, 0) is 4.79 Å². The van der Waals surface area contributed by atoms with E-state index in [2.05, 4.69) is 4.98 Å². The van der Waals surface area contributed by atoms with E-state index in [0.717, 1.165) is 12.8 Å². The predicted octanol–water partition coefficient (Wildman–Crippen LogP) is 1.81. The van der Waals surface area contributed by atoms with Crippen molar-refractivity contribution in [2.75, 3.05) is 19.7 Å². The Balaban J connectivity index is 2.59. The lowest BCUT2D eigenvalue weighted by atomic mass is 10.3. The predicted molar refractivity (Wildman–Crippen MR) is 73.9 cm³/mol.